The fraction of sp³-hybridized carbons (Fsp3) is 0.273. The zero-order valence-electron chi connectivity index (χ0n) is 9.39. The summed E-state index contributed by atoms with van der Waals surface area (Å²) in [4.78, 5) is 22.8. The van der Waals surface area contributed by atoms with Gasteiger partial charge in [-0.25, -0.2) is 4.79 Å². The molecule has 0 saturated heterocycles. The maximum atomic E-state index is 11.5. The monoisotopic (exact) mass is 237 g/mol. The molecular weight excluding hydrogens is 226 g/mol. The second-order valence-electron chi connectivity index (χ2n) is 3.56. The molecule has 0 radical (unpaired) electrons. The van der Waals surface area contributed by atoms with Crippen LogP contribution in [0.1, 0.15) is 15.9 Å². The number of anilines is 1. The van der Waals surface area contributed by atoms with Crippen LogP contribution in [0, 0.1) is 0 Å². The maximum absolute atomic E-state index is 11.5. The smallest absolute Gasteiger partial charge is 0.341 e. The Hall–Kier alpha value is -2.08. The molecule has 1 N–H and O–H groups in total. The van der Waals surface area contributed by atoms with Crippen LogP contribution in [0.25, 0.3) is 0 Å². The lowest BCUT2D eigenvalue weighted by atomic mass is 10.1. The molecule has 0 fully saturated rings. The molecule has 1 aliphatic rings. The Balaban J connectivity index is 2.55. The molecule has 17 heavy (non-hydrogen) atoms. The van der Waals surface area contributed by atoms with Crippen LogP contribution >= 0.6 is 0 Å². The molecule has 6 heteroatoms. The molecule has 2 rings (SSSR count). The number of hydrogen-bond acceptors (Lipinski definition) is 5. The van der Waals surface area contributed by atoms with E-state index in [1.807, 2.05) is 0 Å². The van der Waals surface area contributed by atoms with Crippen molar-refractivity contribution in [3.05, 3.63) is 23.3 Å². The Morgan fingerprint density at radius 3 is 2.71 bits per heavy atom. The summed E-state index contributed by atoms with van der Waals surface area (Å²) in [5.74, 6) is -0.734. The molecule has 1 aliphatic heterocycles. The lowest BCUT2D eigenvalue weighted by Crippen LogP contribution is -2.21. The number of rotatable bonds is 2. The van der Waals surface area contributed by atoms with Gasteiger partial charge in [0.1, 0.15) is 11.3 Å². The SMILES string of the molecule is COC(=O)c1cc2c(cc1OC)N(O)C(=O)C2. The molecule has 0 spiro atoms. The molecular formula is C11H11NO5. The molecule has 0 bridgehead atoms. The number of esters is 1. The fourth-order valence-electron chi connectivity index (χ4n) is 1.76. The van der Waals surface area contributed by atoms with Gasteiger partial charge in [0.05, 0.1) is 26.3 Å². The van der Waals surface area contributed by atoms with Crippen molar-refractivity contribution in [2.45, 2.75) is 6.42 Å². The predicted octanol–water partition coefficient (Wildman–Crippen LogP) is 0.760. The normalized spacial score (nSPS) is 13.6. The summed E-state index contributed by atoms with van der Waals surface area (Å²) in [5, 5.41) is 10.0. The minimum Gasteiger partial charge on any atom is -0.496 e. The van der Waals surface area contributed by atoms with Crippen molar-refractivity contribution in [2.24, 2.45) is 0 Å². The highest BCUT2D eigenvalue weighted by Crippen LogP contribution is 2.34. The van der Waals surface area contributed by atoms with Crippen LogP contribution in [0.4, 0.5) is 5.69 Å². The van der Waals surface area contributed by atoms with E-state index >= 15 is 0 Å². The minimum atomic E-state index is -0.548. The van der Waals surface area contributed by atoms with Crippen molar-refractivity contribution in [1.82, 2.24) is 0 Å². The first-order chi connectivity index (χ1) is 8.08. The van der Waals surface area contributed by atoms with Gasteiger partial charge in [-0.1, -0.05) is 0 Å². The van der Waals surface area contributed by atoms with E-state index in [0.29, 0.717) is 16.3 Å². The molecule has 6 nitrogen and oxygen atoms in total. The van der Waals surface area contributed by atoms with Gasteiger partial charge in [0.2, 0.25) is 0 Å². The zero-order chi connectivity index (χ0) is 12.6. The molecule has 0 atom stereocenters. The lowest BCUT2D eigenvalue weighted by Gasteiger charge is -2.12. The summed E-state index contributed by atoms with van der Waals surface area (Å²) in [6.07, 6.45) is 0.0554. The number of hydroxylamine groups is 1. The van der Waals surface area contributed by atoms with Gasteiger partial charge in [0.15, 0.2) is 0 Å². The molecule has 0 aromatic heterocycles. The number of carbonyl (C=O) groups excluding carboxylic acids is 2. The number of benzene rings is 1. The summed E-state index contributed by atoms with van der Waals surface area (Å²) >= 11 is 0. The molecule has 1 aromatic rings. The Kier molecular flexibility index (Phi) is 2.72. The number of carbonyl (C=O) groups is 2. The van der Waals surface area contributed by atoms with Crippen LogP contribution < -0.4 is 9.80 Å². The van der Waals surface area contributed by atoms with Gasteiger partial charge in [-0.2, -0.15) is 5.06 Å². The third-order valence-electron chi connectivity index (χ3n) is 2.61. The molecule has 90 valence electrons. The summed E-state index contributed by atoms with van der Waals surface area (Å²) in [6, 6.07) is 2.93. The molecule has 1 aromatic carbocycles. The number of methoxy groups -OCH3 is 2. The average Bonchev–Trinajstić information content (AvgIpc) is 2.62. The Labute approximate surface area is 97.3 Å². The number of hydrogen-bond donors (Lipinski definition) is 1. The van der Waals surface area contributed by atoms with E-state index in [0.717, 1.165) is 0 Å². The second-order valence-corrected chi connectivity index (χ2v) is 3.56. The van der Waals surface area contributed by atoms with E-state index in [4.69, 9.17) is 4.74 Å². The fourth-order valence-corrected chi connectivity index (χ4v) is 1.76. The average molecular weight is 237 g/mol. The first-order valence-electron chi connectivity index (χ1n) is 4.89. The van der Waals surface area contributed by atoms with Crippen LogP contribution in [0.15, 0.2) is 12.1 Å². The zero-order valence-corrected chi connectivity index (χ0v) is 9.39. The summed E-state index contributed by atoms with van der Waals surface area (Å²) in [5.41, 5.74) is 1.13. The topological polar surface area (TPSA) is 76.1 Å². The number of ether oxygens (including phenoxy) is 2. The van der Waals surface area contributed by atoms with Gasteiger partial charge >= 0.3 is 5.97 Å². The van der Waals surface area contributed by atoms with Crippen molar-refractivity contribution < 1.29 is 24.3 Å². The van der Waals surface area contributed by atoms with E-state index < -0.39 is 11.9 Å². The Morgan fingerprint density at radius 2 is 2.12 bits per heavy atom. The Morgan fingerprint density at radius 1 is 1.41 bits per heavy atom. The molecule has 0 unspecified atom stereocenters. The largest absolute Gasteiger partial charge is 0.496 e. The first kappa shape index (κ1) is 11.4. The number of nitrogens with zero attached hydrogens (tertiary/aromatic N) is 1. The highest BCUT2D eigenvalue weighted by Gasteiger charge is 2.29. The van der Waals surface area contributed by atoms with Gasteiger partial charge in [-0.3, -0.25) is 10.0 Å². The Bertz CT molecular complexity index is 497. The van der Waals surface area contributed by atoms with Crippen molar-refractivity contribution in [3.8, 4) is 5.75 Å². The van der Waals surface area contributed by atoms with Crippen LogP contribution in [0.3, 0.4) is 0 Å². The van der Waals surface area contributed by atoms with Crippen molar-refractivity contribution in [1.29, 1.82) is 0 Å². The molecule has 0 aliphatic carbocycles. The predicted molar refractivity (Wildman–Crippen MR) is 57.3 cm³/mol. The molecule has 1 amide bonds. The van der Waals surface area contributed by atoms with Crippen molar-refractivity contribution >= 4 is 17.6 Å². The van der Waals surface area contributed by atoms with Crippen molar-refractivity contribution in [2.75, 3.05) is 19.3 Å². The number of fused-ring (bicyclic) bond motifs is 1. The van der Waals surface area contributed by atoms with Gasteiger partial charge in [-0.05, 0) is 11.6 Å². The van der Waals surface area contributed by atoms with E-state index in [1.165, 1.54) is 26.4 Å². The van der Waals surface area contributed by atoms with Crippen LogP contribution in [-0.2, 0) is 16.0 Å². The summed E-state index contributed by atoms with van der Waals surface area (Å²) < 4.78 is 9.64. The standard InChI is InChI=1S/C11H11NO5/c1-16-9-5-8-6(4-10(13)12(8)15)3-7(9)11(14)17-2/h3,5,15H,4H2,1-2H3. The molecule has 0 saturated carbocycles. The third kappa shape index (κ3) is 1.72. The summed E-state index contributed by atoms with van der Waals surface area (Å²) in [7, 11) is 2.66. The highest BCUT2D eigenvalue weighted by molar-refractivity contribution is 6.02. The van der Waals surface area contributed by atoms with Crippen LogP contribution in [0.5, 0.6) is 5.75 Å². The summed E-state index contributed by atoms with van der Waals surface area (Å²) in [6.45, 7) is 0. The lowest BCUT2D eigenvalue weighted by molar-refractivity contribution is -0.122. The highest BCUT2D eigenvalue weighted by atomic mass is 16.5. The maximum Gasteiger partial charge on any atom is 0.341 e. The van der Waals surface area contributed by atoms with Crippen molar-refractivity contribution in [3.63, 3.8) is 0 Å². The number of amides is 1. The third-order valence-corrected chi connectivity index (χ3v) is 2.61. The van der Waals surface area contributed by atoms with Crippen LogP contribution in [0.2, 0.25) is 0 Å². The van der Waals surface area contributed by atoms with E-state index in [2.05, 4.69) is 4.74 Å². The van der Waals surface area contributed by atoms with E-state index in [-0.39, 0.29) is 17.7 Å². The minimum absolute atomic E-state index is 0.0554. The molecule has 1 heterocycles. The van der Waals surface area contributed by atoms with Gasteiger partial charge in [0.25, 0.3) is 5.91 Å². The van der Waals surface area contributed by atoms with E-state index in [9.17, 15) is 14.8 Å². The van der Waals surface area contributed by atoms with Gasteiger partial charge in [-0.15, -0.1) is 0 Å². The quantitative estimate of drug-likeness (QED) is 0.607. The van der Waals surface area contributed by atoms with Gasteiger partial charge in [0, 0.05) is 6.07 Å². The second kappa shape index (κ2) is 4.06. The van der Waals surface area contributed by atoms with Gasteiger partial charge < -0.3 is 9.47 Å². The first-order valence-corrected chi connectivity index (χ1v) is 4.89. The van der Waals surface area contributed by atoms with Crippen LogP contribution in [-0.4, -0.2) is 31.3 Å². The van der Waals surface area contributed by atoms with E-state index in [1.54, 1.807) is 0 Å².